The molecule has 1 fully saturated rings. The van der Waals surface area contributed by atoms with E-state index in [1.807, 2.05) is 37.4 Å². The van der Waals surface area contributed by atoms with Crippen LogP contribution in [-0.4, -0.2) is 47.9 Å². The van der Waals surface area contributed by atoms with Gasteiger partial charge in [-0.3, -0.25) is 14.8 Å². The van der Waals surface area contributed by atoms with Crippen molar-refractivity contribution in [3.05, 3.63) is 70.5 Å². The van der Waals surface area contributed by atoms with E-state index in [0.717, 1.165) is 5.56 Å². The summed E-state index contributed by atoms with van der Waals surface area (Å²) < 4.78 is 13.3. The van der Waals surface area contributed by atoms with Gasteiger partial charge in [0.25, 0.3) is 5.91 Å². The van der Waals surface area contributed by atoms with Crippen molar-refractivity contribution in [3.63, 3.8) is 0 Å². The van der Waals surface area contributed by atoms with Gasteiger partial charge in [-0.1, -0.05) is 48.0 Å². The molecule has 2 aliphatic rings. The van der Waals surface area contributed by atoms with E-state index in [1.54, 1.807) is 11.1 Å². The molecule has 2 unspecified atom stereocenters. The van der Waals surface area contributed by atoms with Crippen molar-refractivity contribution in [2.45, 2.75) is 25.2 Å². The fraction of sp³-hybridized carbons (Fsp3) is 0.238. The van der Waals surface area contributed by atoms with Crippen molar-refractivity contribution < 1.29 is 9.18 Å². The highest BCUT2D eigenvalue weighted by Gasteiger charge is 2.44. The Kier molecular flexibility index (Phi) is 5.87. The van der Waals surface area contributed by atoms with Gasteiger partial charge in [-0.25, -0.2) is 14.4 Å². The van der Waals surface area contributed by atoms with Gasteiger partial charge < -0.3 is 10.7 Å². The number of nitrogens with one attached hydrogen (secondary N) is 2. The molecule has 0 aromatic heterocycles. The summed E-state index contributed by atoms with van der Waals surface area (Å²) in [6.45, 7) is 0.720. The van der Waals surface area contributed by atoms with E-state index in [-0.39, 0.29) is 29.6 Å². The number of aliphatic imine (C=N–C) groups is 3. The van der Waals surface area contributed by atoms with Gasteiger partial charge in [0.05, 0.1) is 11.6 Å². The number of amidine groups is 1. The SMILES string of the molecule is CN1NC(=NCc2ccccc2)C2N=CN=C(C(=O)NCc3ccc(F)c(Cl)c3)C21. The molecule has 1 amide bonds. The first-order chi connectivity index (χ1) is 14.5. The fourth-order valence-electron chi connectivity index (χ4n) is 3.41. The van der Waals surface area contributed by atoms with Gasteiger partial charge in [-0.15, -0.1) is 0 Å². The largest absolute Gasteiger partial charge is 0.347 e. The number of halogens is 2. The lowest BCUT2D eigenvalue weighted by atomic mass is 10.0. The molecular formula is C21H20ClFN6O. The Morgan fingerprint density at radius 3 is 2.83 bits per heavy atom. The highest BCUT2D eigenvalue weighted by Crippen LogP contribution is 2.20. The summed E-state index contributed by atoms with van der Waals surface area (Å²) in [5, 5.41) is 4.62. The van der Waals surface area contributed by atoms with Gasteiger partial charge in [0.1, 0.15) is 35.8 Å². The average molecular weight is 427 g/mol. The number of rotatable bonds is 5. The van der Waals surface area contributed by atoms with Crippen LogP contribution in [0.15, 0.2) is 63.5 Å². The molecule has 2 heterocycles. The van der Waals surface area contributed by atoms with Crippen molar-refractivity contribution >= 4 is 35.4 Å². The Hall–Kier alpha value is -3.10. The monoisotopic (exact) mass is 426 g/mol. The summed E-state index contributed by atoms with van der Waals surface area (Å²) in [5.74, 6) is -0.133. The van der Waals surface area contributed by atoms with Crippen LogP contribution in [0.4, 0.5) is 4.39 Å². The number of carbonyl (C=O) groups excluding carboxylic acids is 1. The van der Waals surface area contributed by atoms with Crippen LogP contribution in [0, 0.1) is 5.82 Å². The number of amides is 1. The van der Waals surface area contributed by atoms with E-state index < -0.39 is 5.82 Å². The van der Waals surface area contributed by atoms with E-state index in [2.05, 4.69) is 25.7 Å². The average Bonchev–Trinajstić information content (AvgIpc) is 3.09. The molecule has 0 bridgehead atoms. The van der Waals surface area contributed by atoms with E-state index in [9.17, 15) is 9.18 Å². The standard InChI is InChI=1S/C21H20ClFN6O/c1-29-19-17(20(28-29)24-10-13-5-3-2-4-6-13)26-12-27-18(19)21(30)25-11-14-7-8-16(23)15(22)9-14/h2-9,12,17,19H,10-11H2,1H3,(H,24,28)(H,25,30). The molecule has 0 spiro atoms. The molecule has 30 heavy (non-hydrogen) atoms. The first-order valence-electron chi connectivity index (χ1n) is 9.42. The zero-order valence-electron chi connectivity index (χ0n) is 16.2. The lowest BCUT2D eigenvalue weighted by Crippen LogP contribution is -2.49. The lowest BCUT2D eigenvalue weighted by molar-refractivity contribution is -0.115. The van der Waals surface area contributed by atoms with E-state index >= 15 is 0 Å². The summed E-state index contributed by atoms with van der Waals surface area (Å²) in [4.78, 5) is 26.1. The van der Waals surface area contributed by atoms with E-state index in [0.29, 0.717) is 23.7 Å². The van der Waals surface area contributed by atoms with Crippen molar-refractivity contribution in [2.75, 3.05) is 7.05 Å². The Balaban J connectivity index is 1.45. The highest BCUT2D eigenvalue weighted by atomic mass is 35.5. The van der Waals surface area contributed by atoms with Crippen molar-refractivity contribution in [3.8, 4) is 0 Å². The van der Waals surface area contributed by atoms with Gasteiger partial charge in [-0.2, -0.15) is 0 Å². The van der Waals surface area contributed by atoms with E-state index in [1.165, 1.54) is 18.5 Å². The molecule has 154 valence electrons. The molecule has 9 heteroatoms. The maximum absolute atomic E-state index is 13.3. The third-order valence-electron chi connectivity index (χ3n) is 4.94. The van der Waals surface area contributed by atoms with Crippen molar-refractivity contribution in [1.29, 1.82) is 0 Å². The minimum absolute atomic E-state index is 0.0166. The van der Waals surface area contributed by atoms with Gasteiger partial charge in [-0.05, 0) is 23.3 Å². The number of likely N-dealkylation sites (N-methyl/N-ethyl adjacent to an activating group) is 1. The number of fused-ring (bicyclic) bond motifs is 1. The predicted octanol–water partition coefficient (Wildman–Crippen LogP) is 2.36. The fourth-order valence-corrected chi connectivity index (χ4v) is 3.61. The van der Waals surface area contributed by atoms with E-state index in [4.69, 9.17) is 11.6 Å². The second-order valence-electron chi connectivity index (χ2n) is 7.01. The smallest absolute Gasteiger partial charge is 0.267 e. The Morgan fingerprint density at radius 2 is 2.07 bits per heavy atom. The van der Waals surface area contributed by atoms with Crippen LogP contribution in [0.2, 0.25) is 5.02 Å². The molecule has 2 aliphatic heterocycles. The van der Waals surface area contributed by atoms with Gasteiger partial charge >= 0.3 is 0 Å². The Labute approximate surface area is 178 Å². The van der Waals surface area contributed by atoms with Crippen LogP contribution in [-0.2, 0) is 17.9 Å². The van der Waals surface area contributed by atoms with Crippen molar-refractivity contribution in [1.82, 2.24) is 15.8 Å². The molecule has 0 saturated carbocycles. The Bertz CT molecular complexity index is 1040. The predicted molar refractivity (Wildman–Crippen MR) is 115 cm³/mol. The quantitative estimate of drug-likeness (QED) is 0.770. The highest BCUT2D eigenvalue weighted by molar-refractivity contribution is 6.43. The summed E-state index contributed by atoms with van der Waals surface area (Å²) in [5.41, 5.74) is 5.30. The van der Waals surface area contributed by atoms with Crippen LogP contribution in [0.3, 0.4) is 0 Å². The second-order valence-corrected chi connectivity index (χ2v) is 7.42. The van der Waals surface area contributed by atoms with Crippen LogP contribution < -0.4 is 10.7 Å². The number of hydrogen-bond acceptors (Lipinski definition) is 5. The first-order valence-corrected chi connectivity index (χ1v) is 9.80. The van der Waals surface area contributed by atoms with Crippen LogP contribution in [0.25, 0.3) is 0 Å². The minimum atomic E-state index is -0.497. The van der Waals surface area contributed by atoms with Crippen LogP contribution in [0.5, 0.6) is 0 Å². The Morgan fingerprint density at radius 1 is 1.27 bits per heavy atom. The molecule has 4 rings (SSSR count). The third-order valence-corrected chi connectivity index (χ3v) is 5.23. The topological polar surface area (TPSA) is 81.4 Å². The maximum atomic E-state index is 13.3. The zero-order valence-corrected chi connectivity index (χ0v) is 17.0. The van der Waals surface area contributed by atoms with Crippen LogP contribution >= 0.6 is 11.6 Å². The second kappa shape index (κ2) is 8.73. The minimum Gasteiger partial charge on any atom is -0.347 e. The molecule has 1 saturated heterocycles. The molecule has 0 radical (unpaired) electrons. The van der Waals surface area contributed by atoms with Gasteiger partial charge in [0.2, 0.25) is 0 Å². The van der Waals surface area contributed by atoms with Crippen molar-refractivity contribution in [2.24, 2.45) is 15.0 Å². The number of hydrogen-bond donors (Lipinski definition) is 2. The summed E-state index contributed by atoms with van der Waals surface area (Å²) in [6.07, 6.45) is 1.39. The molecule has 7 nitrogen and oxygen atoms in total. The van der Waals surface area contributed by atoms with Gasteiger partial charge in [0.15, 0.2) is 0 Å². The third kappa shape index (κ3) is 4.24. The summed E-state index contributed by atoms with van der Waals surface area (Å²) in [6, 6.07) is 13.5. The molecule has 2 atom stereocenters. The molecule has 2 N–H and O–H groups in total. The van der Waals surface area contributed by atoms with Gasteiger partial charge in [0, 0.05) is 13.6 Å². The number of benzene rings is 2. The molecular weight excluding hydrogens is 407 g/mol. The lowest BCUT2D eigenvalue weighted by Gasteiger charge is -2.23. The molecule has 2 aromatic carbocycles. The maximum Gasteiger partial charge on any atom is 0.267 e. The first kappa shape index (κ1) is 20.2. The molecule has 0 aliphatic carbocycles. The summed E-state index contributed by atoms with van der Waals surface area (Å²) in [7, 11) is 1.83. The number of hydrazine groups is 1. The normalized spacial score (nSPS) is 21.8. The van der Waals surface area contributed by atoms with Crippen LogP contribution in [0.1, 0.15) is 11.1 Å². The zero-order chi connectivity index (χ0) is 21.1. The number of nitrogens with zero attached hydrogens (tertiary/aromatic N) is 4. The molecule has 2 aromatic rings. The summed E-state index contributed by atoms with van der Waals surface area (Å²) >= 11 is 5.80. The number of carbonyl (C=O) groups is 1.